The van der Waals surface area contributed by atoms with Crippen LogP contribution in [0, 0.1) is 5.41 Å². The summed E-state index contributed by atoms with van der Waals surface area (Å²) in [7, 11) is 0. The largest absolute Gasteiger partial charge is 0.416 e. The van der Waals surface area contributed by atoms with Crippen LogP contribution in [-0.2, 0) is 11.0 Å². The van der Waals surface area contributed by atoms with Crippen LogP contribution >= 0.6 is 0 Å². The van der Waals surface area contributed by atoms with Gasteiger partial charge in [0, 0.05) is 12.1 Å². The Kier molecular flexibility index (Phi) is 6.75. The zero-order chi connectivity index (χ0) is 22.7. The molecule has 13 heteroatoms. The summed E-state index contributed by atoms with van der Waals surface area (Å²) in [5, 5.41) is 10.2. The summed E-state index contributed by atoms with van der Waals surface area (Å²) < 4.78 is 65.5. The van der Waals surface area contributed by atoms with Gasteiger partial charge in [0.1, 0.15) is 0 Å². The molecule has 1 aromatic rings. The minimum Gasteiger partial charge on any atom is -0.368 e. The molecule has 8 nitrogen and oxygen atoms in total. The molecule has 8 N–H and O–H groups in total. The molecule has 164 valence electrons. The Morgan fingerprint density at radius 2 is 1.80 bits per heavy atom. The average molecular weight is 433 g/mol. The molecule has 0 radical (unpaired) electrons. The molecule has 2 rings (SSSR count). The molecule has 0 aliphatic heterocycles. The van der Waals surface area contributed by atoms with Gasteiger partial charge in [-0.05, 0) is 37.1 Å². The first kappa shape index (κ1) is 23.2. The molecule has 1 aliphatic carbocycles. The summed E-state index contributed by atoms with van der Waals surface area (Å²) in [5.74, 6) is -5.40. The van der Waals surface area contributed by atoms with Crippen LogP contribution in [0.5, 0.6) is 0 Å². The van der Waals surface area contributed by atoms with Crippen molar-refractivity contribution in [2.45, 2.75) is 43.4 Å². The zero-order valence-electron chi connectivity index (χ0n) is 15.5. The van der Waals surface area contributed by atoms with Gasteiger partial charge in [-0.25, -0.2) is 13.8 Å². The van der Waals surface area contributed by atoms with E-state index in [-0.39, 0.29) is 24.9 Å². The van der Waals surface area contributed by atoms with Gasteiger partial charge in [0.15, 0.2) is 11.5 Å². The number of alkyl halides is 5. The predicted octanol–water partition coefficient (Wildman–Crippen LogP) is 1.85. The highest BCUT2D eigenvalue weighted by Crippen LogP contribution is 2.34. The molecule has 1 aromatic carbocycles. The fraction of sp³-hybridized carbons (Fsp3) is 0.412. The number of aliphatic imine (C=N–C) groups is 2. The highest BCUT2D eigenvalue weighted by molar-refractivity contribution is 6.67. The van der Waals surface area contributed by atoms with E-state index < -0.39 is 53.2 Å². The van der Waals surface area contributed by atoms with Crippen LogP contribution < -0.4 is 22.5 Å². The minimum absolute atomic E-state index is 0.0430. The number of nitrogens with two attached hydrogens (primary N) is 3. The number of hydrogen-bond acceptors (Lipinski definition) is 4. The third-order valence-corrected chi connectivity index (χ3v) is 4.39. The Bertz CT molecular complexity index is 864. The number of nitrogens with zero attached hydrogens (tertiary/aromatic N) is 2. The maximum atomic E-state index is 13.7. The van der Waals surface area contributed by atoms with Crippen LogP contribution in [0.4, 0.5) is 27.6 Å². The smallest absolute Gasteiger partial charge is 0.368 e. The van der Waals surface area contributed by atoms with Crippen LogP contribution in [-0.4, -0.2) is 41.4 Å². The molecular formula is C17H20F5N7O. The number of rotatable bonds is 4. The summed E-state index contributed by atoms with van der Waals surface area (Å²) >= 11 is 0. The Hall–Kier alpha value is -3.09. The molecule has 0 unspecified atom stereocenters. The SMILES string of the molecule is N=C(C(N)=O)/C(=N\C(N)=N[C@@H]1CCCC(F)(F)[C@@H]1N)Nc1ccc(C(F)(F)F)cc1. The Labute approximate surface area is 167 Å². The molecule has 1 fully saturated rings. The van der Waals surface area contributed by atoms with E-state index in [2.05, 4.69) is 15.3 Å². The lowest BCUT2D eigenvalue weighted by Gasteiger charge is -2.33. The number of benzene rings is 1. The van der Waals surface area contributed by atoms with Crippen molar-refractivity contribution in [3.63, 3.8) is 0 Å². The van der Waals surface area contributed by atoms with E-state index in [9.17, 15) is 26.7 Å². The summed E-state index contributed by atoms with van der Waals surface area (Å²) in [6.07, 6.45) is -4.52. The average Bonchev–Trinajstić information content (AvgIpc) is 2.64. The number of anilines is 1. The van der Waals surface area contributed by atoms with Crippen LogP contribution in [0.3, 0.4) is 0 Å². The van der Waals surface area contributed by atoms with Gasteiger partial charge in [0.25, 0.3) is 11.8 Å². The number of nitrogens with one attached hydrogen (secondary N) is 2. The van der Waals surface area contributed by atoms with E-state index in [4.69, 9.17) is 22.6 Å². The van der Waals surface area contributed by atoms with E-state index in [1.54, 1.807) is 0 Å². The second-order valence-corrected chi connectivity index (χ2v) is 6.63. The normalized spacial score (nSPS) is 22.5. The first-order chi connectivity index (χ1) is 13.8. The van der Waals surface area contributed by atoms with E-state index in [0.717, 1.165) is 24.3 Å². The molecule has 1 amide bonds. The molecule has 2 atom stereocenters. The lowest BCUT2D eigenvalue weighted by Crippen LogP contribution is -2.52. The van der Waals surface area contributed by atoms with Crippen molar-refractivity contribution < 1.29 is 26.7 Å². The highest BCUT2D eigenvalue weighted by atomic mass is 19.4. The first-order valence-corrected chi connectivity index (χ1v) is 8.69. The fourth-order valence-electron chi connectivity index (χ4n) is 2.78. The fourth-order valence-corrected chi connectivity index (χ4v) is 2.78. The molecule has 0 bridgehead atoms. The van der Waals surface area contributed by atoms with Crippen molar-refractivity contribution in [1.82, 2.24) is 0 Å². The monoisotopic (exact) mass is 433 g/mol. The topological polar surface area (TPSA) is 156 Å². The van der Waals surface area contributed by atoms with E-state index in [0.29, 0.717) is 0 Å². The van der Waals surface area contributed by atoms with Crippen LogP contribution in [0.15, 0.2) is 34.3 Å². The number of carbonyl (C=O) groups is 1. The zero-order valence-corrected chi connectivity index (χ0v) is 15.5. The Morgan fingerprint density at radius 1 is 1.20 bits per heavy atom. The lowest BCUT2D eigenvalue weighted by atomic mass is 9.88. The van der Waals surface area contributed by atoms with E-state index in [1.807, 2.05) is 0 Å². The number of primary amides is 1. The quantitative estimate of drug-likeness (QED) is 0.279. The highest BCUT2D eigenvalue weighted by Gasteiger charge is 2.44. The number of amidine groups is 1. The van der Waals surface area contributed by atoms with Crippen molar-refractivity contribution in [2.75, 3.05) is 5.32 Å². The summed E-state index contributed by atoms with van der Waals surface area (Å²) in [4.78, 5) is 18.9. The minimum atomic E-state index is -4.55. The van der Waals surface area contributed by atoms with E-state index in [1.165, 1.54) is 0 Å². The van der Waals surface area contributed by atoms with Crippen LogP contribution in [0.25, 0.3) is 0 Å². The number of hydrogen-bond donors (Lipinski definition) is 5. The van der Waals surface area contributed by atoms with Crippen molar-refractivity contribution in [3.05, 3.63) is 29.8 Å². The second-order valence-electron chi connectivity index (χ2n) is 6.63. The summed E-state index contributed by atoms with van der Waals surface area (Å²) in [5.41, 5.74) is 14.5. The Morgan fingerprint density at radius 3 is 2.33 bits per heavy atom. The maximum absolute atomic E-state index is 13.7. The third kappa shape index (κ3) is 5.72. The molecule has 0 heterocycles. The second kappa shape index (κ2) is 8.73. The van der Waals surface area contributed by atoms with Crippen molar-refractivity contribution >= 4 is 29.1 Å². The number of guanidine groups is 1. The Balaban J connectivity index is 2.29. The van der Waals surface area contributed by atoms with Gasteiger partial charge in [-0.2, -0.15) is 18.2 Å². The van der Waals surface area contributed by atoms with Crippen molar-refractivity contribution in [3.8, 4) is 0 Å². The maximum Gasteiger partial charge on any atom is 0.416 e. The van der Waals surface area contributed by atoms with Crippen molar-refractivity contribution in [2.24, 2.45) is 27.2 Å². The van der Waals surface area contributed by atoms with Gasteiger partial charge in [-0.1, -0.05) is 0 Å². The van der Waals surface area contributed by atoms with Gasteiger partial charge < -0.3 is 22.5 Å². The van der Waals surface area contributed by atoms with Crippen LogP contribution in [0.1, 0.15) is 24.8 Å². The van der Waals surface area contributed by atoms with Crippen LogP contribution in [0.2, 0.25) is 0 Å². The van der Waals surface area contributed by atoms with Gasteiger partial charge >= 0.3 is 6.18 Å². The third-order valence-electron chi connectivity index (χ3n) is 4.39. The van der Waals surface area contributed by atoms with Gasteiger partial charge in [-0.3, -0.25) is 10.2 Å². The number of halogens is 5. The van der Waals surface area contributed by atoms with Crippen molar-refractivity contribution in [1.29, 1.82) is 5.41 Å². The molecule has 0 aromatic heterocycles. The summed E-state index contributed by atoms with van der Waals surface area (Å²) in [6, 6.07) is 1.01. The van der Waals surface area contributed by atoms with Gasteiger partial charge in [-0.15, -0.1) is 0 Å². The first-order valence-electron chi connectivity index (χ1n) is 8.69. The molecule has 1 aliphatic rings. The standard InChI is InChI=1S/C17H20F5N7O/c18-16(19)7-1-2-10(12(16)24)28-15(26)29-14(11(23)13(25)30)27-9-5-3-8(4-6-9)17(20,21)22/h3-6,10,12,23H,1-2,7,24H2,(H2,25,30)(H3,26,27,28,29)/t10-,12-/m1/s1. The van der Waals surface area contributed by atoms with E-state index >= 15 is 0 Å². The molecule has 0 spiro atoms. The lowest BCUT2D eigenvalue weighted by molar-refractivity contribution is -0.137. The molecule has 30 heavy (non-hydrogen) atoms. The van der Waals surface area contributed by atoms with Gasteiger partial charge in [0.05, 0.1) is 17.6 Å². The predicted molar refractivity (Wildman–Crippen MR) is 102 cm³/mol. The molecule has 0 saturated heterocycles. The number of carbonyl (C=O) groups excluding carboxylic acids is 1. The summed E-state index contributed by atoms with van der Waals surface area (Å²) in [6.45, 7) is 0. The molecular weight excluding hydrogens is 413 g/mol. The van der Waals surface area contributed by atoms with Gasteiger partial charge in [0.2, 0.25) is 5.96 Å². The number of amides is 1. The molecule has 1 saturated carbocycles.